The molecule has 0 aliphatic heterocycles. The first kappa shape index (κ1) is 18.7. The summed E-state index contributed by atoms with van der Waals surface area (Å²) in [7, 11) is 0. The number of esters is 1. The number of aromatic nitrogens is 1. The summed E-state index contributed by atoms with van der Waals surface area (Å²) in [6.07, 6.45) is -0.0363. The van der Waals surface area contributed by atoms with Crippen LogP contribution in [0.25, 0.3) is 9.88 Å². The summed E-state index contributed by atoms with van der Waals surface area (Å²) in [5, 5.41) is 9.16. The fraction of sp³-hybridized carbons (Fsp3) is 0.111. The zero-order valence-corrected chi connectivity index (χ0v) is 15.6. The van der Waals surface area contributed by atoms with Gasteiger partial charge in [0.15, 0.2) is 6.61 Å². The van der Waals surface area contributed by atoms with Crippen molar-refractivity contribution in [2.24, 2.45) is 0 Å². The smallest absolute Gasteiger partial charge is 0.325 e. The number of nitrogens with one attached hydrogen (secondary N) is 2. The van der Waals surface area contributed by atoms with Crippen LogP contribution in [0.1, 0.15) is 5.69 Å². The minimum Gasteiger partial charge on any atom is -0.455 e. The van der Waals surface area contributed by atoms with Crippen LogP contribution in [0.15, 0.2) is 53.2 Å². The molecular weight excluding hydrogens is 386 g/mol. The van der Waals surface area contributed by atoms with E-state index in [0.717, 1.165) is 9.88 Å². The van der Waals surface area contributed by atoms with Gasteiger partial charge in [0.1, 0.15) is 5.01 Å². The molecule has 138 valence electrons. The molecule has 1 aromatic carbocycles. The predicted molar refractivity (Wildman–Crippen MR) is 104 cm³/mol. The number of hydrogen-bond donors (Lipinski definition) is 2. The molecule has 0 radical (unpaired) electrons. The van der Waals surface area contributed by atoms with Crippen LogP contribution in [-0.4, -0.2) is 29.5 Å². The Morgan fingerprint density at radius 2 is 1.85 bits per heavy atom. The molecule has 27 heavy (non-hydrogen) atoms. The molecule has 0 aliphatic rings. The zero-order chi connectivity index (χ0) is 19.1. The molecule has 3 amide bonds. The monoisotopic (exact) mass is 401 g/mol. The number of thiophene rings is 1. The minimum absolute atomic E-state index is 0.0363. The summed E-state index contributed by atoms with van der Waals surface area (Å²) >= 11 is 3.01. The molecule has 2 heterocycles. The van der Waals surface area contributed by atoms with Gasteiger partial charge < -0.3 is 10.1 Å². The Bertz CT molecular complexity index is 923. The van der Waals surface area contributed by atoms with Gasteiger partial charge in [0, 0.05) is 11.1 Å². The lowest BCUT2D eigenvalue weighted by atomic mass is 10.3. The molecular formula is C18H15N3O4S2. The number of carbonyl (C=O) groups excluding carboxylic acids is 3. The molecule has 2 aromatic heterocycles. The third-order valence-corrected chi connectivity index (χ3v) is 5.19. The molecule has 0 aliphatic carbocycles. The van der Waals surface area contributed by atoms with Crippen molar-refractivity contribution in [3.63, 3.8) is 0 Å². The minimum atomic E-state index is -0.714. The Labute approximate surface area is 163 Å². The largest absolute Gasteiger partial charge is 0.455 e. The first-order valence-corrected chi connectivity index (χ1v) is 9.66. The normalized spacial score (nSPS) is 10.2. The summed E-state index contributed by atoms with van der Waals surface area (Å²) in [6.45, 7) is -0.539. The standard InChI is InChI=1S/C18H15N3O4S2/c22-15(21-18(24)20-12-5-2-1-3-6-12)10-25-16(23)9-13-11-27-17(19-13)14-7-4-8-26-14/h1-8,11H,9-10H2,(H2,20,21,22,24). The third-order valence-electron chi connectivity index (χ3n) is 3.26. The lowest BCUT2D eigenvalue weighted by Gasteiger charge is -2.07. The summed E-state index contributed by atoms with van der Waals surface area (Å²) in [6, 6.07) is 11.9. The molecule has 0 saturated carbocycles. The number of imide groups is 1. The van der Waals surface area contributed by atoms with Gasteiger partial charge in [0.05, 0.1) is 17.0 Å². The number of urea groups is 1. The number of carbonyl (C=O) groups is 3. The van der Waals surface area contributed by atoms with Crippen molar-refractivity contribution in [3.8, 4) is 9.88 Å². The second kappa shape index (κ2) is 9.06. The summed E-state index contributed by atoms with van der Waals surface area (Å²) in [5.41, 5.74) is 1.13. The topological polar surface area (TPSA) is 97.4 Å². The van der Waals surface area contributed by atoms with Crippen LogP contribution in [0, 0.1) is 0 Å². The van der Waals surface area contributed by atoms with Crippen LogP contribution in [0.4, 0.5) is 10.5 Å². The number of anilines is 1. The highest BCUT2D eigenvalue weighted by molar-refractivity contribution is 7.20. The molecule has 0 bridgehead atoms. The van der Waals surface area contributed by atoms with Crippen LogP contribution in [0.3, 0.4) is 0 Å². The molecule has 0 atom stereocenters. The van der Waals surface area contributed by atoms with E-state index in [1.165, 1.54) is 11.3 Å². The highest BCUT2D eigenvalue weighted by Crippen LogP contribution is 2.27. The van der Waals surface area contributed by atoms with E-state index < -0.39 is 24.5 Å². The average Bonchev–Trinajstić information content (AvgIpc) is 3.32. The Hall–Kier alpha value is -3.04. The van der Waals surface area contributed by atoms with Gasteiger partial charge in [-0.1, -0.05) is 24.3 Å². The number of benzene rings is 1. The Morgan fingerprint density at radius 3 is 2.59 bits per heavy atom. The quantitative estimate of drug-likeness (QED) is 0.618. The lowest BCUT2D eigenvalue weighted by Crippen LogP contribution is -2.37. The number of hydrogen-bond acceptors (Lipinski definition) is 7. The molecule has 0 spiro atoms. The highest BCUT2D eigenvalue weighted by Gasteiger charge is 2.14. The van der Waals surface area contributed by atoms with Crippen molar-refractivity contribution in [1.82, 2.24) is 10.3 Å². The maximum atomic E-state index is 11.9. The number of ether oxygens (including phenoxy) is 1. The van der Waals surface area contributed by atoms with Gasteiger partial charge in [0.2, 0.25) is 0 Å². The van der Waals surface area contributed by atoms with E-state index in [2.05, 4.69) is 15.6 Å². The van der Waals surface area contributed by atoms with E-state index >= 15 is 0 Å². The molecule has 3 aromatic rings. The number of rotatable bonds is 6. The Balaban J connectivity index is 1.41. The molecule has 0 saturated heterocycles. The number of nitrogens with zero attached hydrogens (tertiary/aromatic N) is 1. The van der Waals surface area contributed by atoms with Crippen molar-refractivity contribution in [3.05, 3.63) is 58.9 Å². The van der Waals surface area contributed by atoms with Crippen molar-refractivity contribution in [2.45, 2.75) is 6.42 Å². The molecule has 0 unspecified atom stereocenters. The first-order chi connectivity index (χ1) is 13.1. The molecule has 0 fully saturated rings. The van der Waals surface area contributed by atoms with Crippen LogP contribution in [0.5, 0.6) is 0 Å². The highest BCUT2D eigenvalue weighted by atomic mass is 32.1. The van der Waals surface area contributed by atoms with Gasteiger partial charge in [-0.3, -0.25) is 14.9 Å². The van der Waals surface area contributed by atoms with Crippen LogP contribution >= 0.6 is 22.7 Å². The molecule has 3 rings (SSSR count). The van der Waals surface area contributed by atoms with Crippen molar-refractivity contribution in [1.29, 1.82) is 0 Å². The van der Waals surface area contributed by atoms with Gasteiger partial charge in [0.25, 0.3) is 5.91 Å². The second-order valence-electron chi connectivity index (χ2n) is 5.33. The van der Waals surface area contributed by atoms with Crippen LogP contribution < -0.4 is 10.6 Å². The summed E-state index contributed by atoms with van der Waals surface area (Å²) in [5.74, 6) is -1.30. The zero-order valence-electron chi connectivity index (χ0n) is 14.0. The fourth-order valence-electron chi connectivity index (χ4n) is 2.09. The fourth-order valence-corrected chi connectivity index (χ4v) is 3.73. The van der Waals surface area contributed by atoms with Crippen molar-refractivity contribution >= 4 is 46.3 Å². The van der Waals surface area contributed by atoms with Gasteiger partial charge in [-0.2, -0.15) is 0 Å². The van der Waals surface area contributed by atoms with E-state index in [1.54, 1.807) is 47.0 Å². The number of thiazole rings is 1. The van der Waals surface area contributed by atoms with Gasteiger partial charge in [-0.25, -0.2) is 9.78 Å². The van der Waals surface area contributed by atoms with Crippen LogP contribution in [-0.2, 0) is 20.7 Å². The third kappa shape index (κ3) is 5.73. The van der Waals surface area contributed by atoms with Gasteiger partial charge in [-0.15, -0.1) is 22.7 Å². The molecule has 9 heteroatoms. The van der Waals surface area contributed by atoms with Gasteiger partial charge in [-0.05, 0) is 23.6 Å². The van der Waals surface area contributed by atoms with E-state index in [1.807, 2.05) is 17.5 Å². The molecule has 7 nitrogen and oxygen atoms in total. The number of para-hydroxylation sites is 1. The summed E-state index contributed by atoms with van der Waals surface area (Å²) < 4.78 is 4.90. The first-order valence-electron chi connectivity index (χ1n) is 7.90. The predicted octanol–water partition coefficient (Wildman–Crippen LogP) is 3.31. The lowest BCUT2D eigenvalue weighted by molar-refractivity contribution is -0.147. The van der Waals surface area contributed by atoms with Crippen molar-refractivity contribution < 1.29 is 19.1 Å². The van der Waals surface area contributed by atoms with E-state index in [4.69, 9.17) is 4.74 Å². The number of amides is 3. The van der Waals surface area contributed by atoms with Crippen LogP contribution in [0.2, 0.25) is 0 Å². The Kier molecular flexibility index (Phi) is 6.29. The average molecular weight is 401 g/mol. The molecule has 2 N–H and O–H groups in total. The van der Waals surface area contributed by atoms with E-state index in [0.29, 0.717) is 11.4 Å². The summed E-state index contributed by atoms with van der Waals surface area (Å²) in [4.78, 5) is 40.6. The van der Waals surface area contributed by atoms with E-state index in [-0.39, 0.29) is 6.42 Å². The SMILES string of the molecule is O=C(COC(=O)Cc1csc(-c2cccs2)n1)NC(=O)Nc1ccccc1. The van der Waals surface area contributed by atoms with Crippen molar-refractivity contribution in [2.75, 3.05) is 11.9 Å². The van der Waals surface area contributed by atoms with Gasteiger partial charge >= 0.3 is 12.0 Å². The maximum absolute atomic E-state index is 11.9. The Morgan fingerprint density at radius 1 is 1.04 bits per heavy atom. The second-order valence-corrected chi connectivity index (χ2v) is 7.13. The van der Waals surface area contributed by atoms with E-state index in [9.17, 15) is 14.4 Å². The maximum Gasteiger partial charge on any atom is 0.325 e.